The zero-order chi connectivity index (χ0) is 11.1. The van der Waals surface area contributed by atoms with Crippen LogP contribution in [0.4, 0.5) is 0 Å². The van der Waals surface area contributed by atoms with Gasteiger partial charge in [0, 0.05) is 17.1 Å². The van der Waals surface area contributed by atoms with Crippen molar-refractivity contribution in [1.82, 2.24) is 4.98 Å². The first-order valence-electron chi connectivity index (χ1n) is 5.91. The number of hydrogen-bond donors (Lipinski definition) is 1. The molecule has 1 aromatic rings. The van der Waals surface area contributed by atoms with Crippen molar-refractivity contribution < 1.29 is 0 Å². The van der Waals surface area contributed by atoms with Crippen molar-refractivity contribution in [3.05, 3.63) is 16.6 Å². The van der Waals surface area contributed by atoms with Crippen LogP contribution in [0.1, 0.15) is 56.9 Å². The molecule has 0 spiro atoms. The van der Waals surface area contributed by atoms with Gasteiger partial charge in [0.25, 0.3) is 0 Å². The molecule has 0 aliphatic carbocycles. The van der Waals surface area contributed by atoms with Crippen LogP contribution in [0.5, 0.6) is 0 Å². The number of nitrogens with two attached hydrogens (primary N) is 1. The third-order valence-electron chi connectivity index (χ3n) is 2.95. The van der Waals surface area contributed by atoms with Gasteiger partial charge in [-0.2, -0.15) is 0 Å². The SMILES string of the molecule is CCCCC(CC)CC(N)c1cncs1. The Balaban J connectivity index is 2.37. The molecule has 0 aliphatic rings. The summed E-state index contributed by atoms with van der Waals surface area (Å²) in [6, 6.07) is 0.194. The number of aromatic nitrogens is 1. The van der Waals surface area contributed by atoms with E-state index in [0.29, 0.717) is 0 Å². The molecule has 15 heavy (non-hydrogen) atoms. The molecule has 1 heterocycles. The predicted octanol–water partition coefficient (Wildman–Crippen LogP) is 3.75. The predicted molar refractivity (Wildman–Crippen MR) is 67.0 cm³/mol. The summed E-state index contributed by atoms with van der Waals surface area (Å²) >= 11 is 1.67. The quantitative estimate of drug-likeness (QED) is 0.769. The number of thiazole rings is 1. The second-order valence-electron chi connectivity index (χ2n) is 4.16. The van der Waals surface area contributed by atoms with E-state index >= 15 is 0 Å². The topological polar surface area (TPSA) is 38.9 Å². The Hall–Kier alpha value is -0.410. The van der Waals surface area contributed by atoms with E-state index in [0.717, 1.165) is 12.3 Å². The Morgan fingerprint density at radius 2 is 2.27 bits per heavy atom. The van der Waals surface area contributed by atoms with Crippen LogP contribution in [0.15, 0.2) is 11.7 Å². The van der Waals surface area contributed by atoms with Crippen molar-refractivity contribution >= 4 is 11.3 Å². The van der Waals surface area contributed by atoms with Crippen LogP contribution in [-0.2, 0) is 0 Å². The van der Waals surface area contributed by atoms with Crippen LogP contribution in [0.3, 0.4) is 0 Å². The Bertz CT molecular complexity index is 246. The average molecular weight is 226 g/mol. The molecule has 0 saturated heterocycles. The molecule has 0 aliphatic heterocycles. The summed E-state index contributed by atoms with van der Waals surface area (Å²) < 4.78 is 0. The second kappa shape index (κ2) is 6.96. The Kier molecular flexibility index (Phi) is 5.88. The second-order valence-corrected chi connectivity index (χ2v) is 5.08. The molecular weight excluding hydrogens is 204 g/mol. The molecule has 2 unspecified atom stereocenters. The highest BCUT2D eigenvalue weighted by atomic mass is 32.1. The Morgan fingerprint density at radius 1 is 1.47 bits per heavy atom. The molecule has 3 heteroatoms. The standard InChI is InChI=1S/C12H22N2S/c1-3-5-6-10(4-2)7-11(13)12-8-14-9-15-12/h8-11H,3-7,13H2,1-2H3. The van der Waals surface area contributed by atoms with Crippen molar-refractivity contribution in [3.63, 3.8) is 0 Å². The van der Waals surface area contributed by atoms with Crippen molar-refractivity contribution in [3.8, 4) is 0 Å². The first-order valence-corrected chi connectivity index (χ1v) is 6.79. The fraction of sp³-hybridized carbons (Fsp3) is 0.750. The van der Waals surface area contributed by atoms with Crippen molar-refractivity contribution in [2.24, 2.45) is 11.7 Å². The van der Waals surface area contributed by atoms with E-state index in [1.54, 1.807) is 11.3 Å². The van der Waals surface area contributed by atoms with Gasteiger partial charge in [0.15, 0.2) is 0 Å². The number of rotatable bonds is 7. The summed E-state index contributed by atoms with van der Waals surface area (Å²) in [6.45, 7) is 4.51. The van der Waals surface area contributed by atoms with E-state index in [9.17, 15) is 0 Å². The lowest BCUT2D eigenvalue weighted by molar-refractivity contribution is 0.390. The molecule has 86 valence electrons. The van der Waals surface area contributed by atoms with Crippen LogP contribution >= 0.6 is 11.3 Å². The highest BCUT2D eigenvalue weighted by Crippen LogP contribution is 2.26. The summed E-state index contributed by atoms with van der Waals surface area (Å²) in [5, 5.41) is 0. The summed E-state index contributed by atoms with van der Waals surface area (Å²) in [4.78, 5) is 5.30. The minimum Gasteiger partial charge on any atom is -0.323 e. The molecule has 0 saturated carbocycles. The molecule has 0 fully saturated rings. The van der Waals surface area contributed by atoms with Crippen LogP contribution in [0.2, 0.25) is 0 Å². The van der Waals surface area contributed by atoms with E-state index in [1.807, 2.05) is 11.7 Å². The highest BCUT2D eigenvalue weighted by molar-refractivity contribution is 7.09. The van der Waals surface area contributed by atoms with Gasteiger partial charge in [0.05, 0.1) is 5.51 Å². The Labute approximate surface area is 96.9 Å². The van der Waals surface area contributed by atoms with Gasteiger partial charge >= 0.3 is 0 Å². The van der Waals surface area contributed by atoms with Crippen LogP contribution in [-0.4, -0.2) is 4.98 Å². The van der Waals surface area contributed by atoms with Gasteiger partial charge in [-0.3, -0.25) is 4.98 Å². The van der Waals surface area contributed by atoms with Crippen molar-refractivity contribution in [1.29, 1.82) is 0 Å². The third-order valence-corrected chi connectivity index (χ3v) is 3.85. The first-order chi connectivity index (χ1) is 7.27. The van der Waals surface area contributed by atoms with Gasteiger partial charge < -0.3 is 5.73 Å². The number of nitrogens with zero attached hydrogens (tertiary/aromatic N) is 1. The average Bonchev–Trinajstić information content (AvgIpc) is 2.77. The van der Waals surface area contributed by atoms with E-state index < -0.39 is 0 Å². The van der Waals surface area contributed by atoms with Crippen molar-refractivity contribution in [2.75, 3.05) is 0 Å². The maximum Gasteiger partial charge on any atom is 0.0794 e. The first kappa shape index (κ1) is 12.7. The van der Waals surface area contributed by atoms with Crippen LogP contribution in [0, 0.1) is 5.92 Å². The molecule has 2 N–H and O–H groups in total. The van der Waals surface area contributed by atoms with Gasteiger partial charge in [-0.05, 0) is 12.3 Å². The maximum absolute atomic E-state index is 6.16. The number of unbranched alkanes of at least 4 members (excludes halogenated alkanes) is 1. The fourth-order valence-electron chi connectivity index (χ4n) is 1.87. The minimum atomic E-state index is 0.194. The third kappa shape index (κ3) is 4.31. The molecule has 1 rings (SSSR count). The van der Waals surface area contributed by atoms with E-state index in [1.165, 1.54) is 30.6 Å². The van der Waals surface area contributed by atoms with Gasteiger partial charge in [0.1, 0.15) is 0 Å². The van der Waals surface area contributed by atoms with Gasteiger partial charge in [-0.25, -0.2) is 0 Å². The van der Waals surface area contributed by atoms with E-state index in [4.69, 9.17) is 5.73 Å². The molecule has 0 radical (unpaired) electrons. The summed E-state index contributed by atoms with van der Waals surface area (Å²) in [5.74, 6) is 0.780. The molecule has 2 atom stereocenters. The zero-order valence-corrected chi connectivity index (χ0v) is 10.6. The lowest BCUT2D eigenvalue weighted by Gasteiger charge is -2.18. The highest BCUT2D eigenvalue weighted by Gasteiger charge is 2.14. The largest absolute Gasteiger partial charge is 0.323 e. The van der Waals surface area contributed by atoms with Gasteiger partial charge in [0.2, 0.25) is 0 Å². The molecule has 1 aromatic heterocycles. The fourth-order valence-corrected chi connectivity index (χ4v) is 2.50. The molecule has 0 bridgehead atoms. The maximum atomic E-state index is 6.16. The van der Waals surface area contributed by atoms with Crippen molar-refractivity contribution in [2.45, 2.75) is 52.0 Å². The van der Waals surface area contributed by atoms with E-state index in [2.05, 4.69) is 18.8 Å². The number of hydrogen-bond acceptors (Lipinski definition) is 3. The normalized spacial score (nSPS) is 15.1. The zero-order valence-electron chi connectivity index (χ0n) is 9.78. The summed E-state index contributed by atoms with van der Waals surface area (Å²) in [7, 11) is 0. The van der Waals surface area contributed by atoms with Gasteiger partial charge in [-0.1, -0.05) is 39.5 Å². The van der Waals surface area contributed by atoms with E-state index in [-0.39, 0.29) is 6.04 Å². The van der Waals surface area contributed by atoms with Crippen LogP contribution in [0.25, 0.3) is 0 Å². The van der Waals surface area contributed by atoms with Crippen LogP contribution < -0.4 is 5.73 Å². The summed E-state index contributed by atoms with van der Waals surface area (Å²) in [5.41, 5.74) is 8.02. The molecule has 0 aromatic carbocycles. The lowest BCUT2D eigenvalue weighted by atomic mass is 9.92. The molecule has 0 amide bonds. The minimum absolute atomic E-state index is 0.194. The lowest BCUT2D eigenvalue weighted by Crippen LogP contribution is -2.14. The summed E-state index contributed by atoms with van der Waals surface area (Å²) in [6.07, 6.45) is 8.19. The molecule has 2 nitrogen and oxygen atoms in total. The van der Waals surface area contributed by atoms with Gasteiger partial charge in [-0.15, -0.1) is 11.3 Å². The Morgan fingerprint density at radius 3 is 2.80 bits per heavy atom. The monoisotopic (exact) mass is 226 g/mol. The smallest absolute Gasteiger partial charge is 0.0794 e. The molecular formula is C12H22N2S.